The van der Waals surface area contributed by atoms with Crippen LogP contribution in [0.25, 0.3) is 0 Å². The van der Waals surface area contributed by atoms with Crippen molar-refractivity contribution in [3.63, 3.8) is 0 Å². The van der Waals surface area contributed by atoms with Gasteiger partial charge in [-0.1, -0.05) is 48.9 Å². The second-order valence-electron chi connectivity index (χ2n) is 11.9. The maximum atomic E-state index is 13.2. The maximum absolute atomic E-state index is 13.2. The maximum Gasteiger partial charge on any atom is 0.274 e. The molecule has 6 rings (SSSR count). The van der Waals surface area contributed by atoms with Gasteiger partial charge >= 0.3 is 0 Å². The van der Waals surface area contributed by atoms with Gasteiger partial charge in [-0.25, -0.2) is 9.97 Å². The van der Waals surface area contributed by atoms with Crippen LogP contribution in [0.3, 0.4) is 0 Å². The van der Waals surface area contributed by atoms with Crippen LogP contribution in [0.5, 0.6) is 0 Å². The van der Waals surface area contributed by atoms with Crippen LogP contribution in [-0.4, -0.2) is 68.6 Å². The minimum atomic E-state index is -0.586. The highest BCUT2D eigenvalue weighted by atomic mass is 35.5. The molecule has 50 heavy (non-hydrogen) atoms. The van der Waals surface area contributed by atoms with Crippen LogP contribution in [0.1, 0.15) is 81.4 Å². The van der Waals surface area contributed by atoms with Crippen LogP contribution in [-0.2, 0) is 22.4 Å². The molecule has 2 fully saturated rings. The number of hydrogen-bond acceptors (Lipinski definition) is 8. The van der Waals surface area contributed by atoms with Crippen molar-refractivity contribution in [1.82, 2.24) is 19.8 Å². The zero-order chi connectivity index (χ0) is 35.4. The highest BCUT2D eigenvalue weighted by Crippen LogP contribution is 2.29. The number of amides is 4. The van der Waals surface area contributed by atoms with Gasteiger partial charge in [0.1, 0.15) is 23.5 Å². The van der Waals surface area contributed by atoms with Crippen molar-refractivity contribution in [1.29, 1.82) is 0 Å². The Balaban J connectivity index is 1.03. The molecule has 2 N–H and O–H groups in total. The van der Waals surface area contributed by atoms with Crippen molar-refractivity contribution >= 4 is 80.9 Å². The first-order valence-electron chi connectivity index (χ1n) is 16.4. The third-order valence-electron chi connectivity index (χ3n) is 8.68. The number of halogens is 2. The summed E-state index contributed by atoms with van der Waals surface area (Å²) in [7, 11) is 0. The van der Waals surface area contributed by atoms with Gasteiger partial charge in [-0.2, -0.15) is 0 Å². The lowest BCUT2D eigenvalue weighted by molar-refractivity contribution is -0.120. The summed E-state index contributed by atoms with van der Waals surface area (Å²) in [5, 5.41) is 5.86. The number of anilines is 2. The van der Waals surface area contributed by atoms with Crippen LogP contribution in [0.15, 0.2) is 48.5 Å². The Morgan fingerprint density at radius 2 is 1.08 bits per heavy atom. The van der Waals surface area contributed by atoms with Crippen LogP contribution in [0.2, 0.25) is 8.93 Å². The molecule has 2 atom stereocenters. The van der Waals surface area contributed by atoms with Crippen LogP contribution in [0.4, 0.5) is 11.4 Å². The molecule has 2 aliphatic rings. The predicted molar refractivity (Wildman–Crippen MR) is 197 cm³/mol. The molecule has 10 nitrogen and oxygen atoms in total. The highest BCUT2D eigenvalue weighted by Gasteiger charge is 2.37. The molecule has 2 aliphatic heterocycles. The minimum absolute atomic E-state index is 0.247. The Morgan fingerprint density at radius 3 is 1.44 bits per heavy atom. The summed E-state index contributed by atoms with van der Waals surface area (Å²) in [6, 6.07) is 13.2. The fraction of sp³-hybridized carbons (Fsp3) is 0.333. The van der Waals surface area contributed by atoms with Crippen LogP contribution >= 0.6 is 45.9 Å². The average Bonchev–Trinajstić information content (AvgIpc) is 3.94. The first kappa shape index (κ1) is 35.5. The van der Waals surface area contributed by atoms with Gasteiger partial charge in [0, 0.05) is 45.3 Å². The zero-order valence-corrected chi connectivity index (χ0v) is 30.6. The quantitative estimate of drug-likeness (QED) is 0.189. The van der Waals surface area contributed by atoms with Crippen LogP contribution in [0, 0.1) is 11.8 Å². The molecule has 258 valence electrons. The number of aryl methyl sites for hydroxylation is 2. The molecule has 4 heterocycles. The highest BCUT2D eigenvalue weighted by molar-refractivity contribution is 7.16. The van der Waals surface area contributed by atoms with E-state index in [1.807, 2.05) is 38.1 Å². The first-order valence-corrected chi connectivity index (χ1v) is 18.8. The van der Waals surface area contributed by atoms with Gasteiger partial charge in [-0.05, 0) is 87.1 Å². The normalized spacial score (nSPS) is 17.0. The molecule has 2 aromatic carbocycles. The molecule has 0 radical (unpaired) electrons. The lowest BCUT2D eigenvalue weighted by atomic mass is 10.1. The molecule has 14 heteroatoms. The SMILES string of the molecule is CCc1sc(Cl)nc1C(=O)N1CCCC1C(=O)Nc1ccc(C#Cc2ccc(NC(=O)C3CCCN3C(=O)c3nc(Cl)sc3CC)cc2)cc1. The summed E-state index contributed by atoms with van der Waals surface area (Å²) in [4.78, 5) is 66.1. The summed E-state index contributed by atoms with van der Waals surface area (Å²) in [6.07, 6.45) is 3.90. The lowest BCUT2D eigenvalue weighted by Crippen LogP contribution is -2.43. The van der Waals surface area contributed by atoms with E-state index in [2.05, 4.69) is 32.4 Å². The monoisotopic (exact) mass is 748 g/mol. The predicted octanol–water partition coefficient (Wildman–Crippen LogP) is 6.92. The van der Waals surface area contributed by atoms with Gasteiger partial charge in [0.2, 0.25) is 11.8 Å². The Kier molecular flexibility index (Phi) is 11.2. The molecule has 2 unspecified atom stereocenters. The Hall–Kier alpha value is -4.28. The number of thiazole rings is 2. The summed E-state index contributed by atoms with van der Waals surface area (Å²) < 4.78 is 0.641. The Bertz CT molecular complexity index is 1840. The third-order valence-corrected chi connectivity index (χ3v) is 11.3. The molecule has 2 saturated heterocycles. The van der Waals surface area contributed by atoms with E-state index in [4.69, 9.17) is 23.2 Å². The number of likely N-dealkylation sites (tertiary alicyclic amines) is 2. The van der Waals surface area contributed by atoms with E-state index in [0.29, 0.717) is 70.5 Å². The van der Waals surface area contributed by atoms with E-state index in [9.17, 15) is 19.2 Å². The first-order chi connectivity index (χ1) is 24.1. The van der Waals surface area contributed by atoms with Crippen molar-refractivity contribution in [2.45, 2.75) is 64.5 Å². The molecule has 0 saturated carbocycles. The Labute approximate surface area is 308 Å². The summed E-state index contributed by atoms with van der Waals surface area (Å²) >= 11 is 14.7. The van der Waals surface area contributed by atoms with Crippen molar-refractivity contribution in [2.24, 2.45) is 0 Å². The van der Waals surface area contributed by atoms with Gasteiger partial charge in [0.05, 0.1) is 0 Å². The van der Waals surface area contributed by atoms with E-state index in [0.717, 1.165) is 33.7 Å². The third kappa shape index (κ3) is 7.87. The topological polar surface area (TPSA) is 125 Å². The fourth-order valence-electron chi connectivity index (χ4n) is 6.17. The average molecular weight is 750 g/mol. The number of nitrogens with zero attached hydrogens (tertiary/aromatic N) is 4. The smallest absolute Gasteiger partial charge is 0.274 e. The van der Waals surface area contributed by atoms with Crippen molar-refractivity contribution in [2.75, 3.05) is 23.7 Å². The Morgan fingerprint density at radius 1 is 0.700 bits per heavy atom. The van der Waals surface area contributed by atoms with Gasteiger partial charge in [-0.3, -0.25) is 19.2 Å². The van der Waals surface area contributed by atoms with E-state index in [1.54, 1.807) is 34.1 Å². The zero-order valence-electron chi connectivity index (χ0n) is 27.4. The van der Waals surface area contributed by atoms with E-state index in [1.165, 1.54) is 22.7 Å². The minimum Gasteiger partial charge on any atom is -0.325 e. The molecule has 0 spiro atoms. The van der Waals surface area contributed by atoms with Crippen molar-refractivity contribution in [3.05, 3.63) is 89.7 Å². The second kappa shape index (κ2) is 15.7. The van der Waals surface area contributed by atoms with Crippen molar-refractivity contribution in [3.8, 4) is 11.8 Å². The van der Waals surface area contributed by atoms with E-state index >= 15 is 0 Å². The van der Waals surface area contributed by atoms with E-state index < -0.39 is 12.1 Å². The second-order valence-corrected chi connectivity index (χ2v) is 15.2. The molecule has 0 aliphatic carbocycles. The van der Waals surface area contributed by atoms with E-state index in [-0.39, 0.29) is 23.6 Å². The number of benzene rings is 2. The lowest BCUT2D eigenvalue weighted by Gasteiger charge is -2.23. The van der Waals surface area contributed by atoms with Gasteiger partial charge in [0.25, 0.3) is 11.8 Å². The molecular weight excluding hydrogens is 715 g/mol. The number of rotatable bonds is 8. The van der Waals surface area contributed by atoms with Crippen LogP contribution < -0.4 is 10.6 Å². The standard InChI is InChI=1S/C36H34Cl2N6O4S2/c1-3-27-29(41-35(37)49-27)33(47)43-19-5-7-25(43)31(45)39-23-15-11-21(12-16-23)9-10-22-13-17-24(18-14-22)40-32(46)26-8-6-20-44(26)34(48)30-28(4-2)50-36(38)42-30/h11-18,25-26H,3-8,19-20H2,1-2H3,(H,39,45)(H,40,46). The summed E-state index contributed by atoms with van der Waals surface area (Å²) in [5.74, 6) is 5.22. The van der Waals surface area contributed by atoms with Gasteiger partial charge < -0.3 is 20.4 Å². The van der Waals surface area contributed by atoms with Gasteiger partial charge in [0.15, 0.2) is 8.93 Å². The number of carbonyl (C=O) groups excluding carboxylic acids is 4. The molecule has 0 bridgehead atoms. The molecule has 4 aromatic rings. The largest absolute Gasteiger partial charge is 0.325 e. The number of nitrogens with one attached hydrogen (secondary N) is 2. The summed E-state index contributed by atoms with van der Waals surface area (Å²) in [6.45, 7) is 4.87. The number of hydrogen-bond donors (Lipinski definition) is 2. The summed E-state index contributed by atoms with van der Waals surface area (Å²) in [5.41, 5.74) is 3.38. The molecule has 4 amide bonds. The number of aromatic nitrogens is 2. The molecule has 2 aromatic heterocycles. The van der Waals surface area contributed by atoms with Crippen molar-refractivity contribution < 1.29 is 19.2 Å². The fourth-order valence-corrected chi connectivity index (χ4v) is 8.32. The van der Waals surface area contributed by atoms with Gasteiger partial charge in [-0.15, -0.1) is 22.7 Å². The molecular formula is C36H34Cl2N6O4S2. The number of carbonyl (C=O) groups is 4.